The molecule has 1 heterocycles. The van der Waals surface area contributed by atoms with Crippen LogP contribution in [0.25, 0.3) is 0 Å². The van der Waals surface area contributed by atoms with Crippen molar-refractivity contribution in [3.63, 3.8) is 0 Å². The highest BCUT2D eigenvalue weighted by Gasteiger charge is 2.14. The van der Waals surface area contributed by atoms with Crippen molar-refractivity contribution in [2.45, 2.75) is 32.1 Å². The molecule has 0 atom stereocenters. The van der Waals surface area contributed by atoms with E-state index in [4.69, 9.17) is 0 Å². The predicted octanol–water partition coefficient (Wildman–Crippen LogP) is 2.26. The largest absolute Gasteiger partial charge is 0.356 e. The summed E-state index contributed by atoms with van der Waals surface area (Å²) < 4.78 is 13.4. The van der Waals surface area contributed by atoms with Crippen molar-refractivity contribution in [1.82, 2.24) is 10.6 Å². The van der Waals surface area contributed by atoms with Gasteiger partial charge in [-0.3, -0.25) is 4.79 Å². The maximum Gasteiger partial charge on any atom is 0.220 e. The minimum atomic E-state index is -0.198. The van der Waals surface area contributed by atoms with E-state index in [2.05, 4.69) is 10.6 Å². The molecule has 0 aliphatic carbocycles. The third-order valence-corrected chi connectivity index (χ3v) is 3.91. The number of piperidine rings is 1. The highest BCUT2D eigenvalue weighted by atomic mass is 19.1. The Morgan fingerprint density at radius 2 is 2.05 bits per heavy atom. The van der Waals surface area contributed by atoms with Crippen LogP contribution in [0.1, 0.15) is 31.2 Å². The summed E-state index contributed by atoms with van der Waals surface area (Å²) in [6.45, 7) is 2.64. The summed E-state index contributed by atoms with van der Waals surface area (Å²) in [5.74, 6) is 0.560. The average molecular weight is 278 g/mol. The van der Waals surface area contributed by atoms with Gasteiger partial charge in [-0.15, -0.1) is 0 Å². The number of carbonyl (C=O) groups excluding carboxylic acids is 1. The first-order valence-corrected chi connectivity index (χ1v) is 7.46. The first-order chi connectivity index (χ1) is 9.75. The van der Waals surface area contributed by atoms with Crippen molar-refractivity contribution in [2.24, 2.45) is 5.92 Å². The maximum atomic E-state index is 13.4. The monoisotopic (exact) mass is 278 g/mol. The number of carbonyl (C=O) groups is 1. The van der Waals surface area contributed by atoms with Gasteiger partial charge in [0.2, 0.25) is 5.91 Å². The topological polar surface area (TPSA) is 41.1 Å². The molecule has 1 aliphatic rings. The van der Waals surface area contributed by atoms with Gasteiger partial charge in [0.05, 0.1) is 0 Å². The van der Waals surface area contributed by atoms with Crippen LogP contribution in [-0.4, -0.2) is 25.5 Å². The lowest BCUT2D eigenvalue weighted by molar-refractivity contribution is -0.121. The maximum absolute atomic E-state index is 13.4. The van der Waals surface area contributed by atoms with Crippen LogP contribution in [-0.2, 0) is 11.2 Å². The number of benzene rings is 1. The Morgan fingerprint density at radius 3 is 2.80 bits per heavy atom. The van der Waals surface area contributed by atoms with E-state index in [0.29, 0.717) is 30.9 Å². The second-order valence-electron chi connectivity index (χ2n) is 5.42. The molecule has 1 fully saturated rings. The zero-order chi connectivity index (χ0) is 14.2. The van der Waals surface area contributed by atoms with Gasteiger partial charge < -0.3 is 10.6 Å². The standard InChI is InChI=1S/C16H23FN2O/c17-15-4-2-1-3-14(15)9-12-19-16(20)6-5-13-7-10-18-11-8-13/h1-4,13,18H,5-12H2,(H,19,20). The molecule has 1 aromatic rings. The molecule has 20 heavy (non-hydrogen) atoms. The van der Waals surface area contributed by atoms with Crippen molar-refractivity contribution in [3.05, 3.63) is 35.6 Å². The smallest absolute Gasteiger partial charge is 0.220 e. The summed E-state index contributed by atoms with van der Waals surface area (Å²) in [6, 6.07) is 6.71. The summed E-state index contributed by atoms with van der Waals surface area (Å²) in [5, 5.41) is 6.20. The molecule has 4 heteroatoms. The van der Waals surface area contributed by atoms with E-state index in [0.717, 1.165) is 19.5 Å². The van der Waals surface area contributed by atoms with Gasteiger partial charge in [-0.2, -0.15) is 0 Å². The molecule has 0 radical (unpaired) electrons. The van der Waals surface area contributed by atoms with Crippen molar-refractivity contribution >= 4 is 5.91 Å². The molecule has 1 saturated heterocycles. The van der Waals surface area contributed by atoms with E-state index >= 15 is 0 Å². The zero-order valence-corrected chi connectivity index (χ0v) is 11.8. The molecule has 0 aromatic heterocycles. The minimum absolute atomic E-state index is 0.0832. The van der Waals surface area contributed by atoms with Crippen LogP contribution in [0, 0.1) is 11.7 Å². The van der Waals surface area contributed by atoms with Crippen LogP contribution in [0.2, 0.25) is 0 Å². The van der Waals surface area contributed by atoms with E-state index in [1.165, 1.54) is 18.9 Å². The molecule has 2 rings (SSSR count). The Bertz CT molecular complexity index is 430. The first-order valence-electron chi connectivity index (χ1n) is 7.46. The van der Waals surface area contributed by atoms with E-state index < -0.39 is 0 Å². The summed E-state index contributed by atoms with van der Waals surface area (Å²) >= 11 is 0. The van der Waals surface area contributed by atoms with Gasteiger partial charge in [-0.05, 0) is 56.3 Å². The molecule has 110 valence electrons. The molecule has 0 unspecified atom stereocenters. The normalized spacial score (nSPS) is 16.1. The fraction of sp³-hybridized carbons (Fsp3) is 0.562. The first kappa shape index (κ1) is 15.0. The van der Waals surface area contributed by atoms with E-state index in [9.17, 15) is 9.18 Å². The summed E-state index contributed by atoms with van der Waals surface area (Å²) in [6.07, 6.45) is 4.44. The highest BCUT2D eigenvalue weighted by Crippen LogP contribution is 2.17. The molecule has 1 amide bonds. The Morgan fingerprint density at radius 1 is 1.30 bits per heavy atom. The van der Waals surface area contributed by atoms with Crippen molar-refractivity contribution in [1.29, 1.82) is 0 Å². The van der Waals surface area contributed by atoms with Crippen LogP contribution >= 0.6 is 0 Å². The number of rotatable bonds is 6. The quantitative estimate of drug-likeness (QED) is 0.838. The molecule has 1 aliphatic heterocycles. The Balaban J connectivity index is 1.61. The van der Waals surface area contributed by atoms with Gasteiger partial charge in [-0.25, -0.2) is 4.39 Å². The summed E-state index contributed by atoms with van der Waals surface area (Å²) in [7, 11) is 0. The van der Waals surface area contributed by atoms with Crippen LogP contribution in [0.4, 0.5) is 4.39 Å². The third kappa shape index (κ3) is 4.93. The highest BCUT2D eigenvalue weighted by molar-refractivity contribution is 5.75. The molecular weight excluding hydrogens is 255 g/mol. The van der Waals surface area contributed by atoms with E-state index in [1.54, 1.807) is 12.1 Å². The lowest BCUT2D eigenvalue weighted by Gasteiger charge is -2.22. The Kier molecular flexibility index (Phi) is 5.99. The Labute approximate surface area is 120 Å². The molecular formula is C16H23FN2O. The van der Waals surface area contributed by atoms with Crippen molar-refractivity contribution in [2.75, 3.05) is 19.6 Å². The van der Waals surface area contributed by atoms with E-state index in [-0.39, 0.29) is 11.7 Å². The van der Waals surface area contributed by atoms with Crippen LogP contribution in [0.15, 0.2) is 24.3 Å². The molecule has 0 saturated carbocycles. The van der Waals surface area contributed by atoms with Crippen molar-refractivity contribution < 1.29 is 9.18 Å². The third-order valence-electron chi connectivity index (χ3n) is 3.91. The number of nitrogens with one attached hydrogen (secondary N) is 2. The van der Waals surface area contributed by atoms with Gasteiger partial charge in [0.25, 0.3) is 0 Å². The fourth-order valence-electron chi connectivity index (χ4n) is 2.63. The molecule has 2 N–H and O–H groups in total. The fourth-order valence-corrected chi connectivity index (χ4v) is 2.63. The summed E-state index contributed by atoms with van der Waals surface area (Å²) in [5.41, 5.74) is 0.658. The van der Waals surface area contributed by atoms with Crippen LogP contribution in [0.3, 0.4) is 0 Å². The lowest BCUT2D eigenvalue weighted by Crippen LogP contribution is -2.30. The second kappa shape index (κ2) is 8.00. The zero-order valence-electron chi connectivity index (χ0n) is 11.8. The molecule has 0 bridgehead atoms. The van der Waals surface area contributed by atoms with Crippen LogP contribution in [0.5, 0.6) is 0 Å². The lowest BCUT2D eigenvalue weighted by atomic mass is 9.93. The van der Waals surface area contributed by atoms with Crippen molar-refractivity contribution in [3.8, 4) is 0 Å². The van der Waals surface area contributed by atoms with Gasteiger partial charge in [0.15, 0.2) is 0 Å². The predicted molar refractivity (Wildman–Crippen MR) is 77.9 cm³/mol. The number of halogens is 1. The molecule has 1 aromatic carbocycles. The minimum Gasteiger partial charge on any atom is -0.356 e. The molecule has 0 spiro atoms. The summed E-state index contributed by atoms with van der Waals surface area (Å²) in [4.78, 5) is 11.7. The molecule has 3 nitrogen and oxygen atoms in total. The average Bonchev–Trinajstić information content (AvgIpc) is 2.48. The van der Waals surface area contributed by atoms with Gasteiger partial charge in [-0.1, -0.05) is 18.2 Å². The SMILES string of the molecule is O=C(CCC1CCNCC1)NCCc1ccccc1F. The van der Waals surface area contributed by atoms with E-state index in [1.807, 2.05) is 6.07 Å². The van der Waals surface area contributed by atoms with Gasteiger partial charge >= 0.3 is 0 Å². The second-order valence-corrected chi connectivity index (χ2v) is 5.42. The number of amides is 1. The van der Waals surface area contributed by atoms with Gasteiger partial charge in [0, 0.05) is 13.0 Å². The number of hydrogen-bond acceptors (Lipinski definition) is 2. The van der Waals surface area contributed by atoms with Crippen LogP contribution < -0.4 is 10.6 Å². The Hall–Kier alpha value is -1.42. The van der Waals surface area contributed by atoms with Gasteiger partial charge in [0.1, 0.15) is 5.82 Å². The number of hydrogen-bond donors (Lipinski definition) is 2.